The van der Waals surface area contributed by atoms with Gasteiger partial charge in [-0.05, 0) is 30.3 Å². The Morgan fingerprint density at radius 2 is 1.76 bits per heavy atom. The second-order valence-corrected chi connectivity index (χ2v) is 6.33. The predicted octanol–water partition coefficient (Wildman–Crippen LogP) is 5.41. The quantitative estimate of drug-likeness (QED) is 0.605. The number of anilines is 1. The van der Waals surface area contributed by atoms with Crippen LogP contribution in [0.15, 0.2) is 57.9 Å². The monoisotopic (exact) mass is 393 g/mol. The molecule has 0 saturated carbocycles. The van der Waals surface area contributed by atoms with E-state index in [4.69, 9.17) is 39.2 Å². The predicted molar refractivity (Wildman–Crippen MR) is 102 cm³/mol. The standard InChI is InChI=1S/C18H10Cl3NO3/c19-11-7-13(20)17(14(21)8-11)22-16(23)6-5-10-9-25-15-4-2-1-3-12(15)18(10)24/h1-9H,(H,22,23)/b6-5+. The Labute approximate surface area is 157 Å². The molecule has 4 nitrogen and oxygen atoms in total. The topological polar surface area (TPSA) is 59.3 Å². The molecule has 1 heterocycles. The van der Waals surface area contributed by atoms with Crippen LogP contribution < -0.4 is 10.7 Å². The van der Waals surface area contributed by atoms with Crippen LogP contribution in [0.1, 0.15) is 5.56 Å². The molecular weight excluding hydrogens is 385 g/mol. The molecule has 0 unspecified atom stereocenters. The van der Waals surface area contributed by atoms with Gasteiger partial charge in [0.1, 0.15) is 11.8 Å². The van der Waals surface area contributed by atoms with E-state index in [0.717, 1.165) is 0 Å². The number of carbonyl (C=O) groups excluding carboxylic acids is 1. The van der Waals surface area contributed by atoms with Crippen LogP contribution in [-0.4, -0.2) is 5.91 Å². The molecule has 0 saturated heterocycles. The van der Waals surface area contributed by atoms with Gasteiger partial charge in [0.2, 0.25) is 5.91 Å². The molecule has 0 aliphatic rings. The number of hydrogen-bond donors (Lipinski definition) is 1. The number of rotatable bonds is 3. The molecule has 3 aromatic rings. The fourth-order valence-electron chi connectivity index (χ4n) is 2.20. The van der Waals surface area contributed by atoms with Crippen LogP contribution in [-0.2, 0) is 4.79 Å². The van der Waals surface area contributed by atoms with E-state index in [2.05, 4.69) is 5.32 Å². The third kappa shape index (κ3) is 3.87. The van der Waals surface area contributed by atoms with Gasteiger partial charge in [-0.2, -0.15) is 0 Å². The van der Waals surface area contributed by atoms with Crippen molar-refractivity contribution in [3.63, 3.8) is 0 Å². The Kier molecular flexibility index (Phi) is 5.13. The van der Waals surface area contributed by atoms with Crippen molar-refractivity contribution in [2.45, 2.75) is 0 Å². The molecule has 2 aromatic carbocycles. The summed E-state index contributed by atoms with van der Waals surface area (Å²) >= 11 is 17.9. The number of para-hydroxylation sites is 1. The SMILES string of the molecule is O=C(/C=C/c1coc2ccccc2c1=O)Nc1c(Cl)cc(Cl)cc1Cl. The molecule has 0 atom stereocenters. The maximum atomic E-state index is 12.3. The first-order valence-corrected chi connectivity index (χ1v) is 8.23. The van der Waals surface area contributed by atoms with E-state index in [0.29, 0.717) is 16.0 Å². The molecular formula is C18H10Cl3NO3. The molecule has 0 bridgehead atoms. The third-order valence-electron chi connectivity index (χ3n) is 3.38. The highest BCUT2D eigenvalue weighted by Gasteiger charge is 2.10. The lowest BCUT2D eigenvalue weighted by molar-refractivity contribution is -0.111. The number of benzene rings is 2. The van der Waals surface area contributed by atoms with Crippen molar-refractivity contribution < 1.29 is 9.21 Å². The van der Waals surface area contributed by atoms with Crippen molar-refractivity contribution in [1.82, 2.24) is 0 Å². The first-order chi connectivity index (χ1) is 12.0. The number of hydrogen-bond acceptors (Lipinski definition) is 3. The number of carbonyl (C=O) groups is 1. The fourth-order valence-corrected chi connectivity index (χ4v) is 3.11. The summed E-state index contributed by atoms with van der Waals surface area (Å²) in [5.74, 6) is -0.501. The van der Waals surface area contributed by atoms with Gasteiger partial charge >= 0.3 is 0 Å². The zero-order valence-corrected chi connectivity index (χ0v) is 14.8. The van der Waals surface area contributed by atoms with Crippen molar-refractivity contribution >= 4 is 63.4 Å². The Balaban J connectivity index is 1.84. The van der Waals surface area contributed by atoms with E-state index in [1.165, 1.54) is 30.5 Å². The van der Waals surface area contributed by atoms with Crippen molar-refractivity contribution in [3.05, 3.63) is 79.6 Å². The highest BCUT2D eigenvalue weighted by atomic mass is 35.5. The maximum Gasteiger partial charge on any atom is 0.248 e. The lowest BCUT2D eigenvalue weighted by Gasteiger charge is -2.07. The lowest BCUT2D eigenvalue weighted by Crippen LogP contribution is -2.10. The van der Waals surface area contributed by atoms with Crippen molar-refractivity contribution in [3.8, 4) is 0 Å². The summed E-state index contributed by atoms with van der Waals surface area (Å²) in [7, 11) is 0. The first-order valence-electron chi connectivity index (χ1n) is 7.10. The summed E-state index contributed by atoms with van der Waals surface area (Å²) in [6.07, 6.45) is 3.87. The van der Waals surface area contributed by atoms with Gasteiger partial charge in [0.05, 0.1) is 26.7 Å². The number of fused-ring (bicyclic) bond motifs is 1. The highest BCUT2D eigenvalue weighted by molar-refractivity contribution is 6.42. The number of halogens is 3. The first kappa shape index (κ1) is 17.5. The Hall–Kier alpha value is -2.27. The summed E-state index contributed by atoms with van der Waals surface area (Å²) < 4.78 is 5.39. The van der Waals surface area contributed by atoms with E-state index in [1.807, 2.05) is 0 Å². The van der Waals surface area contributed by atoms with Crippen molar-refractivity contribution in [2.75, 3.05) is 5.32 Å². The third-order valence-corrected chi connectivity index (χ3v) is 4.19. The highest BCUT2D eigenvalue weighted by Crippen LogP contribution is 2.33. The van der Waals surface area contributed by atoms with Gasteiger partial charge in [-0.15, -0.1) is 0 Å². The molecule has 1 aromatic heterocycles. The summed E-state index contributed by atoms with van der Waals surface area (Å²) in [4.78, 5) is 24.4. The second-order valence-electron chi connectivity index (χ2n) is 5.08. The Morgan fingerprint density at radius 3 is 2.48 bits per heavy atom. The molecule has 7 heteroatoms. The molecule has 0 fully saturated rings. The van der Waals surface area contributed by atoms with Gasteiger partial charge in [-0.25, -0.2) is 0 Å². The number of amides is 1. The van der Waals surface area contributed by atoms with Gasteiger partial charge in [0, 0.05) is 11.1 Å². The van der Waals surface area contributed by atoms with E-state index < -0.39 is 5.91 Å². The molecule has 3 rings (SSSR count). The largest absolute Gasteiger partial charge is 0.463 e. The molecule has 1 amide bonds. The van der Waals surface area contributed by atoms with Gasteiger partial charge in [-0.1, -0.05) is 46.9 Å². The van der Waals surface area contributed by atoms with Gasteiger partial charge < -0.3 is 9.73 Å². The van der Waals surface area contributed by atoms with Gasteiger partial charge in [-0.3, -0.25) is 9.59 Å². The van der Waals surface area contributed by atoms with Crippen LogP contribution in [0.3, 0.4) is 0 Å². The average molecular weight is 395 g/mol. The Morgan fingerprint density at radius 1 is 1.08 bits per heavy atom. The molecule has 0 aliphatic heterocycles. The van der Waals surface area contributed by atoms with E-state index in [-0.39, 0.29) is 26.7 Å². The van der Waals surface area contributed by atoms with Gasteiger partial charge in [0.25, 0.3) is 0 Å². The van der Waals surface area contributed by atoms with Crippen LogP contribution in [0.5, 0.6) is 0 Å². The van der Waals surface area contributed by atoms with Crippen LogP contribution in [0, 0.1) is 0 Å². The molecule has 0 spiro atoms. The minimum absolute atomic E-state index is 0.212. The zero-order valence-electron chi connectivity index (χ0n) is 12.6. The van der Waals surface area contributed by atoms with Gasteiger partial charge in [0.15, 0.2) is 5.43 Å². The smallest absolute Gasteiger partial charge is 0.248 e. The van der Waals surface area contributed by atoms with Crippen LogP contribution in [0.4, 0.5) is 5.69 Å². The van der Waals surface area contributed by atoms with Crippen molar-refractivity contribution in [2.24, 2.45) is 0 Å². The summed E-state index contributed by atoms with van der Waals surface area (Å²) in [6.45, 7) is 0. The second kappa shape index (κ2) is 7.31. The minimum atomic E-state index is -0.501. The molecule has 126 valence electrons. The van der Waals surface area contributed by atoms with E-state index in [1.54, 1.807) is 24.3 Å². The minimum Gasteiger partial charge on any atom is -0.463 e. The van der Waals surface area contributed by atoms with Crippen LogP contribution in [0.2, 0.25) is 15.1 Å². The Bertz CT molecular complexity index is 1030. The fraction of sp³-hybridized carbons (Fsp3) is 0. The molecule has 25 heavy (non-hydrogen) atoms. The summed E-state index contributed by atoms with van der Waals surface area (Å²) in [5.41, 5.74) is 0.748. The molecule has 0 aliphatic carbocycles. The van der Waals surface area contributed by atoms with Crippen molar-refractivity contribution in [1.29, 1.82) is 0 Å². The summed E-state index contributed by atoms with van der Waals surface area (Å²) in [6, 6.07) is 9.80. The van der Waals surface area contributed by atoms with Crippen LogP contribution in [0.25, 0.3) is 17.0 Å². The zero-order chi connectivity index (χ0) is 18.0. The molecule has 1 N–H and O–H groups in total. The normalized spacial score (nSPS) is 11.2. The lowest BCUT2D eigenvalue weighted by atomic mass is 10.1. The maximum absolute atomic E-state index is 12.3. The molecule has 0 radical (unpaired) electrons. The number of nitrogens with one attached hydrogen (secondary N) is 1. The summed E-state index contributed by atoms with van der Waals surface area (Å²) in [5, 5.41) is 3.77. The van der Waals surface area contributed by atoms with E-state index in [9.17, 15) is 9.59 Å². The van der Waals surface area contributed by atoms with Crippen LogP contribution >= 0.6 is 34.8 Å². The average Bonchev–Trinajstić information content (AvgIpc) is 2.58. The van der Waals surface area contributed by atoms with E-state index >= 15 is 0 Å².